The van der Waals surface area contributed by atoms with E-state index in [1.165, 1.54) is 18.5 Å². The standard InChI is InChI=1S/C19H24N4O.2C2HF3O2/c1-2-5-15(6-3-1)12-23-10-7-16-14-24-18(17(16)13-23)11-22-19-20-8-4-9-21-19;2*3-2(4,5)1(6)7/h1-6,8-9,16-18H,7,10-14H2,(H,20,21,22);2*(H,6,7)/t16-,17-,18+;;/m0../s1. The maximum Gasteiger partial charge on any atom is 0.490 e. The van der Waals surface area contributed by atoms with Gasteiger partial charge < -0.3 is 20.3 Å². The summed E-state index contributed by atoms with van der Waals surface area (Å²) in [5, 5.41) is 17.6. The van der Waals surface area contributed by atoms with Gasteiger partial charge in [0.15, 0.2) is 0 Å². The molecule has 2 saturated heterocycles. The molecule has 1 aromatic heterocycles. The molecule has 2 aliphatic heterocycles. The number of halogens is 6. The number of rotatable bonds is 5. The molecular weight excluding hydrogens is 526 g/mol. The Hall–Kier alpha value is -3.46. The van der Waals surface area contributed by atoms with E-state index in [0.29, 0.717) is 17.8 Å². The Morgan fingerprint density at radius 1 is 0.974 bits per heavy atom. The van der Waals surface area contributed by atoms with Crippen molar-refractivity contribution in [2.24, 2.45) is 11.8 Å². The maximum absolute atomic E-state index is 10.6. The minimum atomic E-state index is -5.08. The van der Waals surface area contributed by atoms with Crippen LogP contribution in [0.5, 0.6) is 0 Å². The van der Waals surface area contributed by atoms with E-state index in [0.717, 1.165) is 26.2 Å². The first-order valence-corrected chi connectivity index (χ1v) is 11.3. The number of aliphatic carboxylic acids is 2. The number of likely N-dealkylation sites (tertiary alicyclic amines) is 1. The van der Waals surface area contributed by atoms with Crippen molar-refractivity contribution in [3.05, 3.63) is 54.4 Å². The van der Waals surface area contributed by atoms with Crippen LogP contribution < -0.4 is 5.32 Å². The number of aromatic nitrogens is 2. The highest BCUT2D eigenvalue weighted by Gasteiger charge is 2.41. The Balaban J connectivity index is 0.000000301. The number of nitrogens with zero attached hydrogens (tertiary/aromatic N) is 3. The summed E-state index contributed by atoms with van der Waals surface area (Å²) in [5.41, 5.74) is 1.39. The number of nitrogens with one attached hydrogen (secondary N) is 1. The molecule has 210 valence electrons. The van der Waals surface area contributed by atoms with Crippen molar-refractivity contribution in [2.45, 2.75) is 31.4 Å². The van der Waals surface area contributed by atoms with Crippen LogP contribution in [0.2, 0.25) is 0 Å². The zero-order chi connectivity index (χ0) is 28.3. The van der Waals surface area contributed by atoms with Gasteiger partial charge in [0.2, 0.25) is 5.95 Å². The van der Waals surface area contributed by atoms with Crippen molar-refractivity contribution in [1.29, 1.82) is 0 Å². The van der Waals surface area contributed by atoms with Crippen molar-refractivity contribution >= 4 is 17.9 Å². The van der Waals surface area contributed by atoms with Crippen molar-refractivity contribution in [1.82, 2.24) is 14.9 Å². The van der Waals surface area contributed by atoms with Gasteiger partial charge >= 0.3 is 24.3 Å². The van der Waals surface area contributed by atoms with Crippen LogP contribution in [0, 0.1) is 11.8 Å². The smallest absolute Gasteiger partial charge is 0.475 e. The third-order valence-corrected chi connectivity index (χ3v) is 5.65. The van der Waals surface area contributed by atoms with Crippen LogP contribution in [0.25, 0.3) is 0 Å². The molecule has 3 atom stereocenters. The lowest BCUT2D eigenvalue weighted by Crippen LogP contribution is -2.43. The number of alkyl halides is 6. The van der Waals surface area contributed by atoms with Gasteiger partial charge in [-0.05, 0) is 30.5 Å². The first kappa shape index (κ1) is 30.8. The van der Waals surface area contributed by atoms with Crippen LogP contribution in [-0.4, -0.2) is 81.7 Å². The number of hydrogen-bond donors (Lipinski definition) is 3. The number of carboxylic acids is 2. The fourth-order valence-electron chi connectivity index (χ4n) is 3.88. The zero-order valence-electron chi connectivity index (χ0n) is 19.8. The van der Waals surface area contributed by atoms with Gasteiger partial charge in [0.05, 0.1) is 12.7 Å². The normalized spacial score (nSPS) is 21.2. The number of piperidine rings is 1. The number of benzene rings is 1. The first-order chi connectivity index (χ1) is 17.8. The van der Waals surface area contributed by atoms with Gasteiger partial charge in [0.1, 0.15) is 0 Å². The molecule has 2 aliphatic rings. The average molecular weight is 552 g/mol. The number of carboxylic acid groups (broad SMARTS) is 2. The second kappa shape index (κ2) is 13.9. The molecule has 0 amide bonds. The Morgan fingerprint density at radius 3 is 2.05 bits per heavy atom. The number of carbonyl (C=O) groups is 2. The lowest BCUT2D eigenvalue weighted by Gasteiger charge is -2.36. The number of ether oxygens (including phenoxy) is 1. The fraction of sp³-hybridized carbons (Fsp3) is 0.478. The summed E-state index contributed by atoms with van der Waals surface area (Å²) >= 11 is 0. The van der Waals surface area contributed by atoms with Crippen molar-refractivity contribution in [3.8, 4) is 0 Å². The van der Waals surface area contributed by atoms with Gasteiger partial charge in [0, 0.05) is 37.9 Å². The monoisotopic (exact) mass is 552 g/mol. The Morgan fingerprint density at radius 2 is 1.53 bits per heavy atom. The molecule has 2 fully saturated rings. The van der Waals surface area contributed by atoms with E-state index in [2.05, 4.69) is 50.5 Å². The Kier molecular flexibility index (Phi) is 11.3. The number of fused-ring (bicyclic) bond motifs is 1. The fourth-order valence-corrected chi connectivity index (χ4v) is 3.88. The highest BCUT2D eigenvalue weighted by molar-refractivity contribution is 5.73. The van der Waals surface area contributed by atoms with Crippen molar-refractivity contribution in [2.75, 3.05) is 31.6 Å². The molecular formula is C23H26F6N4O5. The minimum absolute atomic E-state index is 0.248. The topological polar surface area (TPSA) is 125 Å². The first-order valence-electron chi connectivity index (χ1n) is 11.3. The predicted octanol–water partition coefficient (Wildman–Crippen LogP) is 3.69. The van der Waals surface area contributed by atoms with E-state index >= 15 is 0 Å². The summed E-state index contributed by atoms with van der Waals surface area (Å²) in [6.45, 7) is 4.99. The summed E-state index contributed by atoms with van der Waals surface area (Å²) in [4.78, 5) is 28.8. The molecule has 2 aromatic rings. The van der Waals surface area contributed by atoms with Crippen LogP contribution >= 0.6 is 0 Å². The lowest BCUT2D eigenvalue weighted by atomic mass is 9.84. The third kappa shape index (κ3) is 10.5. The molecule has 4 rings (SSSR count). The highest BCUT2D eigenvalue weighted by Crippen LogP contribution is 2.34. The summed E-state index contributed by atoms with van der Waals surface area (Å²) in [5.74, 6) is -3.54. The van der Waals surface area contributed by atoms with Crippen LogP contribution in [-0.2, 0) is 20.9 Å². The van der Waals surface area contributed by atoms with Gasteiger partial charge in [-0.25, -0.2) is 19.6 Å². The molecule has 9 nitrogen and oxygen atoms in total. The van der Waals surface area contributed by atoms with Crippen LogP contribution in [0.4, 0.5) is 32.3 Å². The molecule has 0 radical (unpaired) electrons. The molecule has 0 bridgehead atoms. The Bertz CT molecular complexity index is 987. The largest absolute Gasteiger partial charge is 0.490 e. The van der Waals surface area contributed by atoms with Gasteiger partial charge in [-0.2, -0.15) is 26.3 Å². The SMILES string of the molecule is O=C(O)C(F)(F)F.O=C(O)C(F)(F)F.c1ccc(CN2CC[C@H]3CO[C@H](CNc4ncccn4)[C@H]3C2)cc1. The number of anilines is 1. The van der Waals surface area contributed by atoms with E-state index in [1.54, 1.807) is 12.4 Å². The van der Waals surface area contributed by atoms with E-state index in [9.17, 15) is 26.3 Å². The number of hydrogen-bond acceptors (Lipinski definition) is 7. The molecule has 0 aliphatic carbocycles. The third-order valence-electron chi connectivity index (χ3n) is 5.65. The van der Waals surface area contributed by atoms with Crippen molar-refractivity contribution < 1.29 is 50.9 Å². The molecule has 1 aromatic carbocycles. The Labute approximate surface area is 213 Å². The highest BCUT2D eigenvalue weighted by atomic mass is 19.4. The van der Waals surface area contributed by atoms with Gasteiger partial charge in [-0.1, -0.05) is 30.3 Å². The second-order valence-electron chi connectivity index (χ2n) is 8.36. The summed E-state index contributed by atoms with van der Waals surface area (Å²) in [7, 11) is 0. The van der Waals surface area contributed by atoms with E-state index < -0.39 is 24.3 Å². The van der Waals surface area contributed by atoms with Crippen LogP contribution in [0.1, 0.15) is 12.0 Å². The molecule has 3 N–H and O–H groups in total. The van der Waals surface area contributed by atoms with Gasteiger partial charge in [-0.3, -0.25) is 4.90 Å². The van der Waals surface area contributed by atoms with Crippen LogP contribution in [0.15, 0.2) is 48.8 Å². The molecule has 0 unspecified atom stereocenters. The maximum atomic E-state index is 10.6. The van der Waals surface area contributed by atoms with Gasteiger partial charge in [0.25, 0.3) is 0 Å². The molecule has 3 heterocycles. The summed E-state index contributed by atoms with van der Waals surface area (Å²) in [6, 6.07) is 12.6. The molecule has 0 saturated carbocycles. The second-order valence-corrected chi connectivity index (χ2v) is 8.36. The van der Waals surface area contributed by atoms with E-state index in [-0.39, 0.29) is 6.10 Å². The average Bonchev–Trinajstić information content (AvgIpc) is 3.26. The van der Waals surface area contributed by atoms with Gasteiger partial charge in [-0.15, -0.1) is 0 Å². The molecule has 38 heavy (non-hydrogen) atoms. The minimum Gasteiger partial charge on any atom is -0.475 e. The molecule has 15 heteroatoms. The summed E-state index contributed by atoms with van der Waals surface area (Å²) in [6.07, 6.45) is -5.17. The predicted molar refractivity (Wildman–Crippen MR) is 121 cm³/mol. The van der Waals surface area contributed by atoms with Crippen molar-refractivity contribution in [3.63, 3.8) is 0 Å². The van der Waals surface area contributed by atoms with E-state index in [4.69, 9.17) is 24.5 Å². The zero-order valence-corrected chi connectivity index (χ0v) is 19.8. The van der Waals surface area contributed by atoms with Crippen LogP contribution in [0.3, 0.4) is 0 Å². The molecule has 0 spiro atoms. The summed E-state index contributed by atoms with van der Waals surface area (Å²) < 4.78 is 69.5. The lowest BCUT2D eigenvalue weighted by molar-refractivity contribution is -0.193. The quantitative estimate of drug-likeness (QED) is 0.477. The van der Waals surface area contributed by atoms with E-state index in [1.807, 2.05) is 6.07 Å².